The third-order valence-corrected chi connectivity index (χ3v) is 5.31. The number of methoxy groups -OCH3 is 1. The summed E-state index contributed by atoms with van der Waals surface area (Å²) >= 11 is 0. The molecule has 1 aliphatic carbocycles. The number of amides is 1. The zero-order valence-electron chi connectivity index (χ0n) is 13.7. The lowest BCUT2D eigenvalue weighted by Crippen LogP contribution is -2.49. The largest absolute Gasteiger partial charge is 0.384 e. The van der Waals surface area contributed by atoms with Crippen LogP contribution >= 0.6 is 0 Å². The predicted octanol–water partition coefficient (Wildman–Crippen LogP) is 1.99. The van der Waals surface area contributed by atoms with Crippen molar-refractivity contribution < 1.29 is 13.9 Å². The molecule has 0 aromatic heterocycles. The number of rotatable bonds is 6. The standard InChI is InChI=1S/C18H25FN2O2/c1-23-13-17(8-10-20-11-9-17)12-21-16(22)18(6-7-18)14-4-2-3-5-15(14)19/h2-5,20H,6-13H2,1H3,(H,21,22). The van der Waals surface area contributed by atoms with Gasteiger partial charge in [0.1, 0.15) is 5.82 Å². The van der Waals surface area contributed by atoms with Gasteiger partial charge in [0.05, 0.1) is 12.0 Å². The minimum absolute atomic E-state index is 0.0129. The molecule has 1 aromatic carbocycles. The average molecular weight is 320 g/mol. The molecule has 126 valence electrons. The molecule has 2 aliphatic rings. The Morgan fingerprint density at radius 3 is 2.57 bits per heavy atom. The van der Waals surface area contributed by atoms with Crippen molar-refractivity contribution in [3.8, 4) is 0 Å². The van der Waals surface area contributed by atoms with Crippen LogP contribution in [0.2, 0.25) is 0 Å². The van der Waals surface area contributed by atoms with Crippen molar-refractivity contribution in [2.45, 2.75) is 31.1 Å². The fraction of sp³-hybridized carbons (Fsp3) is 0.611. The van der Waals surface area contributed by atoms with Crippen molar-refractivity contribution in [1.29, 1.82) is 0 Å². The Morgan fingerprint density at radius 1 is 1.26 bits per heavy atom. The van der Waals surface area contributed by atoms with E-state index < -0.39 is 5.41 Å². The molecular formula is C18H25FN2O2. The van der Waals surface area contributed by atoms with E-state index >= 15 is 0 Å². The lowest BCUT2D eigenvalue weighted by atomic mass is 9.79. The Kier molecular flexibility index (Phi) is 4.69. The van der Waals surface area contributed by atoms with E-state index in [2.05, 4.69) is 10.6 Å². The van der Waals surface area contributed by atoms with Gasteiger partial charge in [0.15, 0.2) is 0 Å². The first-order valence-corrected chi connectivity index (χ1v) is 8.35. The van der Waals surface area contributed by atoms with Crippen molar-refractivity contribution in [3.05, 3.63) is 35.6 Å². The molecule has 1 amide bonds. The maximum absolute atomic E-state index is 14.1. The van der Waals surface area contributed by atoms with Gasteiger partial charge in [-0.2, -0.15) is 0 Å². The van der Waals surface area contributed by atoms with Gasteiger partial charge in [0, 0.05) is 24.6 Å². The SMILES string of the molecule is COCC1(CNC(=O)C2(c3ccccc3F)CC2)CCNCC1. The minimum Gasteiger partial charge on any atom is -0.384 e. The highest BCUT2D eigenvalue weighted by atomic mass is 19.1. The van der Waals surface area contributed by atoms with Crippen LogP contribution in [0.4, 0.5) is 4.39 Å². The third-order valence-electron chi connectivity index (χ3n) is 5.31. The summed E-state index contributed by atoms with van der Waals surface area (Å²) in [5, 5.41) is 6.44. The monoisotopic (exact) mass is 320 g/mol. The molecule has 0 spiro atoms. The first-order chi connectivity index (χ1) is 11.1. The quantitative estimate of drug-likeness (QED) is 0.843. The van der Waals surface area contributed by atoms with Crippen LogP contribution in [0.15, 0.2) is 24.3 Å². The molecule has 0 bridgehead atoms. The van der Waals surface area contributed by atoms with Gasteiger partial charge in [-0.25, -0.2) is 4.39 Å². The van der Waals surface area contributed by atoms with E-state index in [0.717, 1.165) is 38.8 Å². The molecule has 3 rings (SSSR count). The molecule has 0 atom stereocenters. The maximum atomic E-state index is 14.1. The highest BCUT2D eigenvalue weighted by Crippen LogP contribution is 2.49. The minimum atomic E-state index is -0.660. The molecule has 1 saturated heterocycles. The molecule has 0 radical (unpaired) electrons. The number of carbonyl (C=O) groups is 1. The van der Waals surface area contributed by atoms with Gasteiger partial charge >= 0.3 is 0 Å². The van der Waals surface area contributed by atoms with Gasteiger partial charge in [-0.3, -0.25) is 4.79 Å². The Balaban J connectivity index is 1.68. The van der Waals surface area contributed by atoms with Gasteiger partial charge in [-0.1, -0.05) is 18.2 Å². The summed E-state index contributed by atoms with van der Waals surface area (Å²) in [7, 11) is 1.70. The summed E-state index contributed by atoms with van der Waals surface area (Å²) in [6.07, 6.45) is 3.40. The van der Waals surface area contributed by atoms with Crippen LogP contribution in [-0.2, 0) is 14.9 Å². The zero-order chi connectivity index (χ0) is 16.3. The summed E-state index contributed by atoms with van der Waals surface area (Å²) in [6.45, 7) is 3.12. The van der Waals surface area contributed by atoms with Crippen LogP contribution in [0, 0.1) is 11.2 Å². The van der Waals surface area contributed by atoms with E-state index in [1.54, 1.807) is 25.3 Å². The topological polar surface area (TPSA) is 50.4 Å². The van der Waals surface area contributed by atoms with E-state index in [0.29, 0.717) is 18.7 Å². The van der Waals surface area contributed by atoms with Crippen molar-refractivity contribution in [3.63, 3.8) is 0 Å². The molecule has 1 aliphatic heterocycles. The Morgan fingerprint density at radius 2 is 1.96 bits per heavy atom. The van der Waals surface area contributed by atoms with Gasteiger partial charge in [0.25, 0.3) is 0 Å². The summed E-state index contributed by atoms with van der Waals surface area (Å²) in [5.41, 5.74) is -0.142. The molecule has 1 aromatic rings. The van der Waals surface area contributed by atoms with E-state index in [1.807, 2.05) is 0 Å². The van der Waals surface area contributed by atoms with Crippen LogP contribution in [-0.4, -0.2) is 39.3 Å². The van der Waals surface area contributed by atoms with Crippen LogP contribution in [0.3, 0.4) is 0 Å². The molecular weight excluding hydrogens is 295 g/mol. The number of ether oxygens (including phenoxy) is 1. The number of hydrogen-bond acceptors (Lipinski definition) is 3. The van der Waals surface area contributed by atoms with E-state index in [1.165, 1.54) is 6.07 Å². The van der Waals surface area contributed by atoms with Crippen molar-refractivity contribution in [2.75, 3.05) is 33.4 Å². The Labute approximate surface area is 136 Å². The van der Waals surface area contributed by atoms with E-state index in [-0.39, 0.29) is 17.1 Å². The first kappa shape index (κ1) is 16.4. The molecule has 5 heteroatoms. The normalized spacial score (nSPS) is 21.7. The van der Waals surface area contributed by atoms with Crippen molar-refractivity contribution in [1.82, 2.24) is 10.6 Å². The van der Waals surface area contributed by atoms with Crippen molar-refractivity contribution in [2.24, 2.45) is 5.41 Å². The van der Waals surface area contributed by atoms with E-state index in [9.17, 15) is 9.18 Å². The summed E-state index contributed by atoms with van der Waals surface area (Å²) in [4.78, 5) is 12.7. The summed E-state index contributed by atoms with van der Waals surface area (Å²) < 4.78 is 19.5. The Bertz CT molecular complexity index is 560. The third kappa shape index (κ3) is 3.26. The molecule has 23 heavy (non-hydrogen) atoms. The van der Waals surface area contributed by atoms with Crippen molar-refractivity contribution >= 4 is 5.91 Å². The number of benzene rings is 1. The lowest BCUT2D eigenvalue weighted by Gasteiger charge is -2.37. The number of halogens is 1. The molecule has 1 saturated carbocycles. The summed E-state index contributed by atoms with van der Waals surface area (Å²) in [5.74, 6) is -0.328. The molecule has 2 N–H and O–H groups in total. The first-order valence-electron chi connectivity index (χ1n) is 8.35. The highest BCUT2D eigenvalue weighted by molar-refractivity contribution is 5.91. The lowest BCUT2D eigenvalue weighted by molar-refractivity contribution is -0.124. The van der Waals surface area contributed by atoms with Gasteiger partial charge in [-0.05, 0) is 44.8 Å². The number of nitrogens with one attached hydrogen (secondary N) is 2. The second-order valence-corrected chi connectivity index (χ2v) is 6.93. The van der Waals surface area contributed by atoms with Crippen LogP contribution in [0.5, 0.6) is 0 Å². The predicted molar refractivity (Wildman–Crippen MR) is 86.7 cm³/mol. The second kappa shape index (κ2) is 6.57. The van der Waals surface area contributed by atoms with Crippen LogP contribution in [0.25, 0.3) is 0 Å². The fourth-order valence-electron chi connectivity index (χ4n) is 3.67. The van der Waals surface area contributed by atoms with Gasteiger partial charge in [0.2, 0.25) is 5.91 Å². The highest BCUT2D eigenvalue weighted by Gasteiger charge is 2.53. The second-order valence-electron chi connectivity index (χ2n) is 6.93. The maximum Gasteiger partial charge on any atom is 0.230 e. The number of piperidine rings is 1. The molecule has 2 fully saturated rings. The summed E-state index contributed by atoms with van der Waals surface area (Å²) in [6, 6.07) is 6.62. The van der Waals surface area contributed by atoms with Crippen LogP contribution in [0.1, 0.15) is 31.2 Å². The van der Waals surface area contributed by atoms with Crippen LogP contribution < -0.4 is 10.6 Å². The van der Waals surface area contributed by atoms with Gasteiger partial charge < -0.3 is 15.4 Å². The smallest absolute Gasteiger partial charge is 0.230 e. The van der Waals surface area contributed by atoms with E-state index in [4.69, 9.17) is 4.74 Å². The molecule has 4 nitrogen and oxygen atoms in total. The average Bonchev–Trinajstić information content (AvgIpc) is 3.36. The number of hydrogen-bond donors (Lipinski definition) is 2. The zero-order valence-corrected chi connectivity index (χ0v) is 13.7. The molecule has 1 heterocycles. The fourth-order valence-corrected chi connectivity index (χ4v) is 3.67. The molecule has 0 unspecified atom stereocenters. The number of carbonyl (C=O) groups excluding carboxylic acids is 1. The Hall–Kier alpha value is -1.46. The van der Waals surface area contributed by atoms with Gasteiger partial charge in [-0.15, -0.1) is 0 Å².